The SMILES string of the molecule is Cc1[nH]c2ccccc2c1CCNC(=O)N1CCOC[C@@H]1C[C@@H](C)O. The van der Waals surface area contributed by atoms with Gasteiger partial charge in [-0.05, 0) is 38.3 Å². The fourth-order valence-electron chi connectivity index (χ4n) is 3.56. The Balaban J connectivity index is 1.59. The van der Waals surface area contributed by atoms with Crippen LogP contribution in [0.5, 0.6) is 0 Å². The van der Waals surface area contributed by atoms with Crippen LogP contribution < -0.4 is 5.32 Å². The Morgan fingerprint density at radius 3 is 3.08 bits per heavy atom. The van der Waals surface area contributed by atoms with Crippen molar-refractivity contribution in [2.24, 2.45) is 0 Å². The van der Waals surface area contributed by atoms with Crippen molar-refractivity contribution >= 4 is 16.9 Å². The third-order valence-corrected chi connectivity index (χ3v) is 4.78. The van der Waals surface area contributed by atoms with Gasteiger partial charge in [0.2, 0.25) is 0 Å². The lowest BCUT2D eigenvalue weighted by molar-refractivity contribution is -0.00425. The first-order valence-electron chi connectivity index (χ1n) is 8.92. The van der Waals surface area contributed by atoms with Gasteiger partial charge in [0.1, 0.15) is 0 Å². The lowest BCUT2D eigenvalue weighted by Crippen LogP contribution is -2.53. The lowest BCUT2D eigenvalue weighted by Gasteiger charge is -2.36. The molecule has 0 saturated carbocycles. The first-order chi connectivity index (χ1) is 12.1. The summed E-state index contributed by atoms with van der Waals surface area (Å²) in [4.78, 5) is 17.7. The number of urea groups is 1. The number of aryl methyl sites for hydroxylation is 1. The van der Waals surface area contributed by atoms with Gasteiger partial charge in [-0.2, -0.15) is 0 Å². The molecule has 1 saturated heterocycles. The summed E-state index contributed by atoms with van der Waals surface area (Å²) in [5.74, 6) is 0. The molecule has 2 heterocycles. The van der Waals surface area contributed by atoms with E-state index in [4.69, 9.17) is 4.74 Å². The number of hydrogen-bond donors (Lipinski definition) is 3. The van der Waals surface area contributed by atoms with Crippen LogP contribution >= 0.6 is 0 Å². The fraction of sp³-hybridized carbons (Fsp3) is 0.526. The van der Waals surface area contributed by atoms with Crippen molar-refractivity contribution in [2.75, 3.05) is 26.3 Å². The van der Waals surface area contributed by atoms with Crippen molar-refractivity contribution in [3.8, 4) is 0 Å². The number of fused-ring (bicyclic) bond motifs is 1. The van der Waals surface area contributed by atoms with Gasteiger partial charge >= 0.3 is 6.03 Å². The van der Waals surface area contributed by atoms with Crippen LogP contribution in [-0.4, -0.2) is 59.5 Å². The van der Waals surface area contributed by atoms with Crippen molar-refractivity contribution in [1.82, 2.24) is 15.2 Å². The van der Waals surface area contributed by atoms with E-state index in [1.54, 1.807) is 11.8 Å². The summed E-state index contributed by atoms with van der Waals surface area (Å²) >= 11 is 0. The van der Waals surface area contributed by atoms with Crippen LogP contribution in [0.15, 0.2) is 24.3 Å². The molecule has 6 nitrogen and oxygen atoms in total. The highest BCUT2D eigenvalue weighted by molar-refractivity contribution is 5.84. The van der Waals surface area contributed by atoms with E-state index >= 15 is 0 Å². The number of carbonyl (C=O) groups excluding carboxylic acids is 1. The fourth-order valence-corrected chi connectivity index (χ4v) is 3.56. The molecule has 2 aromatic rings. The minimum Gasteiger partial charge on any atom is -0.393 e. The second-order valence-corrected chi connectivity index (χ2v) is 6.76. The number of para-hydroxylation sites is 1. The highest BCUT2D eigenvalue weighted by atomic mass is 16.5. The number of amides is 2. The van der Waals surface area contributed by atoms with Crippen molar-refractivity contribution in [3.05, 3.63) is 35.5 Å². The molecule has 0 spiro atoms. The van der Waals surface area contributed by atoms with Gasteiger partial charge in [0.15, 0.2) is 0 Å². The van der Waals surface area contributed by atoms with Gasteiger partial charge in [-0.3, -0.25) is 0 Å². The summed E-state index contributed by atoms with van der Waals surface area (Å²) < 4.78 is 5.45. The molecule has 1 fully saturated rings. The minimum absolute atomic E-state index is 0.0661. The summed E-state index contributed by atoms with van der Waals surface area (Å²) in [6.07, 6.45) is 0.873. The molecule has 6 heteroatoms. The van der Waals surface area contributed by atoms with Crippen molar-refractivity contribution in [1.29, 1.82) is 0 Å². The van der Waals surface area contributed by atoms with E-state index < -0.39 is 6.10 Å². The number of benzene rings is 1. The number of hydrogen-bond acceptors (Lipinski definition) is 3. The topological polar surface area (TPSA) is 77.6 Å². The molecule has 0 unspecified atom stereocenters. The summed E-state index contributed by atoms with van der Waals surface area (Å²) in [6.45, 7) is 5.99. The van der Waals surface area contributed by atoms with Crippen molar-refractivity contribution < 1.29 is 14.6 Å². The Hall–Kier alpha value is -2.05. The van der Waals surface area contributed by atoms with Crippen LogP contribution in [0.1, 0.15) is 24.6 Å². The van der Waals surface area contributed by atoms with Gasteiger partial charge < -0.3 is 25.0 Å². The number of aromatic amines is 1. The van der Waals surface area contributed by atoms with E-state index in [-0.39, 0.29) is 12.1 Å². The Kier molecular flexibility index (Phi) is 5.60. The maximum absolute atomic E-state index is 12.5. The van der Waals surface area contributed by atoms with Gasteiger partial charge in [0, 0.05) is 29.7 Å². The number of aliphatic hydroxyl groups excluding tert-OH is 1. The molecule has 0 radical (unpaired) electrons. The lowest BCUT2D eigenvalue weighted by atomic mass is 10.1. The summed E-state index contributed by atoms with van der Waals surface area (Å²) in [5.41, 5.74) is 3.53. The zero-order valence-corrected chi connectivity index (χ0v) is 14.9. The normalized spacial score (nSPS) is 19.2. The van der Waals surface area contributed by atoms with Gasteiger partial charge in [0.05, 0.1) is 25.4 Å². The van der Waals surface area contributed by atoms with Gasteiger partial charge in [-0.1, -0.05) is 18.2 Å². The number of H-pyrrole nitrogens is 1. The third-order valence-electron chi connectivity index (χ3n) is 4.78. The second-order valence-electron chi connectivity index (χ2n) is 6.76. The maximum Gasteiger partial charge on any atom is 0.317 e. The molecule has 0 aliphatic carbocycles. The quantitative estimate of drug-likeness (QED) is 0.777. The average molecular weight is 345 g/mol. The monoisotopic (exact) mass is 345 g/mol. The number of aliphatic hydroxyl groups is 1. The molecule has 1 aromatic heterocycles. The Morgan fingerprint density at radius 2 is 2.28 bits per heavy atom. The van der Waals surface area contributed by atoms with Crippen LogP contribution in [0.3, 0.4) is 0 Å². The summed E-state index contributed by atoms with van der Waals surface area (Å²) in [5, 5.41) is 13.9. The smallest absolute Gasteiger partial charge is 0.317 e. The van der Waals surface area contributed by atoms with Crippen LogP contribution in [0.4, 0.5) is 4.79 Å². The maximum atomic E-state index is 12.5. The molecule has 3 N–H and O–H groups in total. The number of ether oxygens (including phenoxy) is 1. The van der Waals surface area contributed by atoms with Gasteiger partial charge in [-0.25, -0.2) is 4.79 Å². The van der Waals surface area contributed by atoms with E-state index in [1.165, 1.54) is 10.9 Å². The number of nitrogens with one attached hydrogen (secondary N) is 2. The number of morpholine rings is 1. The summed E-state index contributed by atoms with van der Waals surface area (Å²) in [6, 6.07) is 8.08. The van der Waals surface area contributed by atoms with Crippen LogP contribution in [-0.2, 0) is 11.2 Å². The first-order valence-corrected chi connectivity index (χ1v) is 8.92. The van der Waals surface area contributed by atoms with E-state index in [2.05, 4.69) is 29.4 Å². The number of rotatable bonds is 5. The van der Waals surface area contributed by atoms with E-state index in [0.29, 0.717) is 32.7 Å². The third kappa shape index (κ3) is 4.14. The zero-order valence-electron chi connectivity index (χ0n) is 14.9. The predicted molar refractivity (Wildman–Crippen MR) is 97.7 cm³/mol. The van der Waals surface area contributed by atoms with Crippen molar-refractivity contribution in [3.63, 3.8) is 0 Å². The molecule has 3 rings (SSSR count). The van der Waals surface area contributed by atoms with E-state index in [9.17, 15) is 9.90 Å². The Morgan fingerprint density at radius 1 is 1.48 bits per heavy atom. The summed E-state index contributed by atoms with van der Waals surface area (Å²) in [7, 11) is 0. The molecular weight excluding hydrogens is 318 g/mol. The minimum atomic E-state index is -0.448. The van der Waals surface area contributed by atoms with Crippen molar-refractivity contribution in [2.45, 2.75) is 38.8 Å². The molecule has 2 amide bonds. The van der Waals surface area contributed by atoms with Gasteiger partial charge in [-0.15, -0.1) is 0 Å². The highest BCUT2D eigenvalue weighted by Crippen LogP contribution is 2.22. The molecule has 25 heavy (non-hydrogen) atoms. The average Bonchev–Trinajstić information content (AvgIpc) is 2.90. The van der Waals surface area contributed by atoms with Gasteiger partial charge in [0.25, 0.3) is 0 Å². The Labute approximate surface area is 148 Å². The molecule has 0 bridgehead atoms. The van der Waals surface area contributed by atoms with Crippen LogP contribution in [0.25, 0.3) is 10.9 Å². The Bertz CT molecular complexity index is 726. The molecule has 136 valence electrons. The molecule has 1 aromatic carbocycles. The zero-order chi connectivity index (χ0) is 17.8. The predicted octanol–water partition coefficient (Wildman–Crippen LogP) is 2.20. The number of nitrogens with zero attached hydrogens (tertiary/aromatic N) is 1. The highest BCUT2D eigenvalue weighted by Gasteiger charge is 2.28. The second kappa shape index (κ2) is 7.89. The molecule has 1 aliphatic heterocycles. The molecule has 2 atom stereocenters. The van der Waals surface area contributed by atoms with E-state index in [1.807, 2.05) is 12.1 Å². The molecule has 1 aliphatic rings. The first kappa shape index (κ1) is 17.8. The standard InChI is InChI=1S/C19H27N3O3/c1-13(23)11-15-12-25-10-9-22(15)19(24)20-8-7-16-14(2)21-18-6-4-3-5-17(16)18/h3-6,13,15,21,23H,7-12H2,1-2H3,(H,20,24)/t13-,15+/m1/s1. The largest absolute Gasteiger partial charge is 0.393 e. The number of aromatic nitrogens is 1. The number of carbonyl (C=O) groups is 1. The van der Waals surface area contributed by atoms with Crippen LogP contribution in [0.2, 0.25) is 0 Å². The van der Waals surface area contributed by atoms with Crippen LogP contribution in [0, 0.1) is 6.92 Å². The van der Waals surface area contributed by atoms with E-state index in [0.717, 1.165) is 17.6 Å². The molecular formula is C19H27N3O3.